The molecule has 1 aliphatic rings. The van der Waals surface area contributed by atoms with E-state index in [9.17, 15) is 4.79 Å². The Bertz CT molecular complexity index is 723. The third kappa shape index (κ3) is 6.27. The number of hydrogen-bond acceptors (Lipinski definition) is 5. The van der Waals surface area contributed by atoms with Crippen molar-refractivity contribution < 1.29 is 19.0 Å². The fourth-order valence-corrected chi connectivity index (χ4v) is 3.79. The van der Waals surface area contributed by atoms with Crippen LogP contribution in [0.3, 0.4) is 0 Å². The van der Waals surface area contributed by atoms with Gasteiger partial charge in [0.25, 0.3) is 0 Å². The number of benzene rings is 2. The number of hydrogen-bond donors (Lipinski definition) is 1. The molecule has 0 radical (unpaired) electrons. The first kappa shape index (κ1) is 19.7. The van der Waals surface area contributed by atoms with Crippen LogP contribution in [0.4, 0.5) is 4.79 Å². The van der Waals surface area contributed by atoms with Crippen LogP contribution in [0, 0.1) is 0 Å². The molecular formula is C21H25NO4S. The molecule has 1 N–H and O–H groups in total. The summed E-state index contributed by atoms with van der Waals surface area (Å²) in [5, 5.41) is 2.95. The van der Waals surface area contributed by atoms with Gasteiger partial charge in [-0.25, -0.2) is 4.79 Å². The van der Waals surface area contributed by atoms with E-state index in [1.54, 1.807) is 11.8 Å². The highest BCUT2D eigenvalue weighted by molar-refractivity contribution is 7.99. The zero-order valence-electron chi connectivity index (χ0n) is 15.6. The van der Waals surface area contributed by atoms with Crippen LogP contribution in [0.2, 0.25) is 0 Å². The molecular weight excluding hydrogens is 362 g/mol. The van der Waals surface area contributed by atoms with Gasteiger partial charge in [-0.15, -0.1) is 11.8 Å². The van der Waals surface area contributed by atoms with Crippen molar-refractivity contribution in [2.45, 2.75) is 43.3 Å². The Morgan fingerprint density at radius 3 is 2.48 bits per heavy atom. The van der Waals surface area contributed by atoms with Crippen LogP contribution in [0.25, 0.3) is 0 Å². The Morgan fingerprint density at radius 2 is 1.85 bits per heavy atom. The van der Waals surface area contributed by atoms with Crippen LogP contribution in [-0.4, -0.2) is 36.4 Å². The maximum atomic E-state index is 12.3. The molecule has 0 aromatic heterocycles. The van der Waals surface area contributed by atoms with Crippen LogP contribution >= 0.6 is 11.8 Å². The van der Waals surface area contributed by atoms with Gasteiger partial charge in [0, 0.05) is 10.6 Å². The minimum Gasteiger partial charge on any atom is -0.445 e. The van der Waals surface area contributed by atoms with Crippen LogP contribution in [-0.2, 0) is 20.8 Å². The Kier molecular flexibility index (Phi) is 6.77. The van der Waals surface area contributed by atoms with Gasteiger partial charge >= 0.3 is 6.09 Å². The normalized spacial score (nSPS) is 19.4. The lowest BCUT2D eigenvalue weighted by molar-refractivity contribution is -0.140. The summed E-state index contributed by atoms with van der Waals surface area (Å²) >= 11 is 1.67. The first-order chi connectivity index (χ1) is 13.0. The smallest absolute Gasteiger partial charge is 0.407 e. The number of carbonyl (C=O) groups excluding carboxylic acids is 1. The molecule has 1 fully saturated rings. The maximum Gasteiger partial charge on any atom is 0.407 e. The topological polar surface area (TPSA) is 56.8 Å². The van der Waals surface area contributed by atoms with Gasteiger partial charge in [-0.2, -0.15) is 0 Å². The molecule has 27 heavy (non-hydrogen) atoms. The van der Waals surface area contributed by atoms with Gasteiger partial charge in [-0.1, -0.05) is 48.5 Å². The first-order valence-corrected chi connectivity index (χ1v) is 9.97. The van der Waals surface area contributed by atoms with E-state index in [4.69, 9.17) is 14.2 Å². The molecule has 0 unspecified atom stereocenters. The third-order valence-electron chi connectivity index (χ3n) is 4.17. The van der Waals surface area contributed by atoms with E-state index in [2.05, 4.69) is 5.32 Å². The summed E-state index contributed by atoms with van der Waals surface area (Å²) in [6, 6.07) is 19.5. The van der Waals surface area contributed by atoms with Crippen LogP contribution in [0.1, 0.15) is 19.4 Å². The molecule has 3 rings (SSSR count). The second-order valence-electron chi connectivity index (χ2n) is 6.80. The molecule has 0 saturated carbocycles. The second kappa shape index (κ2) is 9.26. The first-order valence-electron chi connectivity index (χ1n) is 8.99. The summed E-state index contributed by atoms with van der Waals surface area (Å²) in [6.45, 7) is 4.43. The molecule has 1 amide bonds. The van der Waals surface area contributed by atoms with Crippen molar-refractivity contribution in [3.05, 3.63) is 66.2 Å². The van der Waals surface area contributed by atoms with Crippen molar-refractivity contribution in [1.82, 2.24) is 5.32 Å². The number of amides is 1. The van der Waals surface area contributed by atoms with E-state index in [1.165, 1.54) is 0 Å². The van der Waals surface area contributed by atoms with Gasteiger partial charge in [0.1, 0.15) is 12.7 Å². The highest BCUT2D eigenvalue weighted by Gasteiger charge is 2.38. The SMILES string of the molecule is CC1(C)OC[C@H]([C@@H](CSc2ccccc2)NC(=O)OCc2ccccc2)O1. The van der Waals surface area contributed by atoms with Crippen molar-refractivity contribution in [1.29, 1.82) is 0 Å². The molecule has 144 valence electrons. The molecule has 6 heteroatoms. The van der Waals surface area contributed by atoms with Gasteiger partial charge in [0.2, 0.25) is 0 Å². The van der Waals surface area contributed by atoms with E-state index in [0.29, 0.717) is 12.4 Å². The summed E-state index contributed by atoms with van der Waals surface area (Å²) in [7, 11) is 0. The highest BCUT2D eigenvalue weighted by atomic mass is 32.2. The number of carbonyl (C=O) groups is 1. The molecule has 2 aromatic carbocycles. The monoisotopic (exact) mass is 387 g/mol. The highest BCUT2D eigenvalue weighted by Crippen LogP contribution is 2.27. The van der Waals surface area contributed by atoms with Crippen molar-refractivity contribution in [2.24, 2.45) is 0 Å². The Morgan fingerprint density at radius 1 is 1.19 bits per heavy atom. The zero-order chi connectivity index (χ0) is 19.1. The Hall–Kier alpha value is -2.02. The number of rotatable bonds is 7. The molecule has 5 nitrogen and oxygen atoms in total. The summed E-state index contributed by atoms with van der Waals surface area (Å²) in [5.74, 6) is 0.0184. The standard InChI is InChI=1S/C21H25NO4S/c1-21(2)25-14-19(26-21)18(15-27-17-11-7-4-8-12-17)22-20(23)24-13-16-9-5-3-6-10-16/h3-12,18-19H,13-15H2,1-2H3,(H,22,23)/t18-,19-/m1/s1. The average Bonchev–Trinajstić information content (AvgIpc) is 3.05. The molecule has 2 aromatic rings. The number of alkyl carbamates (subject to hydrolysis) is 1. The predicted octanol–water partition coefficient (Wildman–Crippen LogP) is 4.23. The number of thioether (sulfide) groups is 1. The fraction of sp³-hybridized carbons (Fsp3) is 0.381. The summed E-state index contributed by atoms with van der Waals surface area (Å²) < 4.78 is 17.0. The van der Waals surface area contributed by atoms with Gasteiger partial charge < -0.3 is 19.5 Å². The zero-order valence-corrected chi connectivity index (χ0v) is 16.4. The van der Waals surface area contributed by atoms with E-state index < -0.39 is 11.9 Å². The van der Waals surface area contributed by atoms with E-state index >= 15 is 0 Å². The third-order valence-corrected chi connectivity index (χ3v) is 5.30. The van der Waals surface area contributed by atoms with Crippen molar-refractivity contribution >= 4 is 17.9 Å². The molecule has 1 aliphatic heterocycles. The summed E-state index contributed by atoms with van der Waals surface area (Å²) in [6.07, 6.45) is -0.675. The van der Waals surface area contributed by atoms with Crippen molar-refractivity contribution in [2.75, 3.05) is 12.4 Å². The van der Waals surface area contributed by atoms with E-state index in [0.717, 1.165) is 10.5 Å². The molecule has 0 bridgehead atoms. The molecule has 0 aliphatic carbocycles. The molecule has 2 atom stereocenters. The van der Waals surface area contributed by atoms with Crippen LogP contribution in [0.5, 0.6) is 0 Å². The van der Waals surface area contributed by atoms with E-state index in [1.807, 2.05) is 74.5 Å². The lowest BCUT2D eigenvalue weighted by atomic mass is 10.2. The quantitative estimate of drug-likeness (QED) is 0.721. The number of nitrogens with one attached hydrogen (secondary N) is 1. The van der Waals surface area contributed by atoms with Crippen LogP contribution in [0.15, 0.2) is 65.6 Å². The molecule has 0 spiro atoms. The van der Waals surface area contributed by atoms with Crippen LogP contribution < -0.4 is 5.32 Å². The van der Waals surface area contributed by atoms with Gasteiger partial charge in [0.15, 0.2) is 5.79 Å². The Balaban J connectivity index is 1.57. The lowest BCUT2D eigenvalue weighted by Gasteiger charge is -2.24. The van der Waals surface area contributed by atoms with Crippen molar-refractivity contribution in [3.63, 3.8) is 0 Å². The summed E-state index contributed by atoms with van der Waals surface area (Å²) in [5.41, 5.74) is 0.949. The van der Waals surface area contributed by atoms with Gasteiger partial charge in [-0.3, -0.25) is 0 Å². The molecule has 1 heterocycles. The summed E-state index contributed by atoms with van der Waals surface area (Å²) in [4.78, 5) is 13.5. The average molecular weight is 388 g/mol. The minimum atomic E-state index is -0.643. The van der Waals surface area contributed by atoms with Gasteiger partial charge in [0.05, 0.1) is 12.6 Å². The molecule has 1 saturated heterocycles. The maximum absolute atomic E-state index is 12.3. The lowest BCUT2D eigenvalue weighted by Crippen LogP contribution is -2.47. The van der Waals surface area contributed by atoms with Crippen molar-refractivity contribution in [3.8, 4) is 0 Å². The van der Waals surface area contributed by atoms with Gasteiger partial charge in [-0.05, 0) is 31.5 Å². The largest absolute Gasteiger partial charge is 0.445 e. The number of ether oxygens (including phenoxy) is 3. The predicted molar refractivity (Wildman–Crippen MR) is 106 cm³/mol. The fourth-order valence-electron chi connectivity index (χ4n) is 2.77. The second-order valence-corrected chi connectivity index (χ2v) is 7.90. The Labute approximate surface area is 164 Å². The van der Waals surface area contributed by atoms with E-state index in [-0.39, 0.29) is 18.8 Å². The minimum absolute atomic E-state index is 0.222.